The van der Waals surface area contributed by atoms with Gasteiger partial charge in [-0.1, -0.05) is 6.07 Å². The maximum atomic E-state index is 6.25. The van der Waals surface area contributed by atoms with Gasteiger partial charge in [-0.05, 0) is 42.4 Å². The molecule has 82 valence electrons. The van der Waals surface area contributed by atoms with Crippen molar-refractivity contribution in [1.29, 1.82) is 0 Å². The van der Waals surface area contributed by atoms with Crippen LogP contribution in [0.4, 0.5) is 0 Å². The van der Waals surface area contributed by atoms with E-state index in [9.17, 15) is 0 Å². The molecule has 2 N–H and O–H groups in total. The zero-order valence-corrected chi connectivity index (χ0v) is 10.0. The zero-order chi connectivity index (χ0) is 10.8. The van der Waals surface area contributed by atoms with Crippen LogP contribution in [0.5, 0.6) is 5.75 Å². The van der Waals surface area contributed by atoms with Crippen molar-refractivity contribution in [3.63, 3.8) is 0 Å². The summed E-state index contributed by atoms with van der Waals surface area (Å²) >= 11 is 1.87. The fourth-order valence-electron chi connectivity index (χ4n) is 2.18. The monoisotopic (exact) mass is 223 g/mol. The third-order valence-corrected chi connectivity index (χ3v) is 4.25. The molecule has 1 aromatic carbocycles. The molecule has 0 bridgehead atoms. The Kier molecular flexibility index (Phi) is 3.22. The largest absolute Gasteiger partial charge is 0.497 e. The SMILES string of the molecule is COc1ccc2c(c1)C(N)C(SC)CC2. The van der Waals surface area contributed by atoms with Gasteiger partial charge in [0.05, 0.1) is 7.11 Å². The fraction of sp³-hybridized carbons (Fsp3) is 0.500. The molecule has 1 aliphatic carbocycles. The van der Waals surface area contributed by atoms with Crippen LogP contribution in [-0.4, -0.2) is 18.6 Å². The lowest BCUT2D eigenvalue weighted by Crippen LogP contribution is -2.29. The van der Waals surface area contributed by atoms with E-state index in [0.717, 1.165) is 12.2 Å². The fourth-order valence-corrected chi connectivity index (χ4v) is 2.97. The highest BCUT2D eigenvalue weighted by Crippen LogP contribution is 2.35. The van der Waals surface area contributed by atoms with Crippen molar-refractivity contribution < 1.29 is 4.74 Å². The molecule has 0 heterocycles. The minimum Gasteiger partial charge on any atom is -0.497 e. The number of benzene rings is 1. The number of hydrogen-bond donors (Lipinski definition) is 1. The normalized spacial score (nSPS) is 24.7. The molecule has 0 saturated heterocycles. The molecular formula is C12H17NOS. The molecule has 2 atom stereocenters. The van der Waals surface area contributed by atoms with Gasteiger partial charge in [0.25, 0.3) is 0 Å². The number of methoxy groups -OCH3 is 1. The van der Waals surface area contributed by atoms with Gasteiger partial charge in [-0.2, -0.15) is 11.8 Å². The molecule has 2 unspecified atom stereocenters. The second kappa shape index (κ2) is 4.45. The van der Waals surface area contributed by atoms with Crippen LogP contribution >= 0.6 is 11.8 Å². The van der Waals surface area contributed by atoms with Gasteiger partial charge >= 0.3 is 0 Å². The molecule has 0 saturated carbocycles. The van der Waals surface area contributed by atoms with E-state index in [1.165, 1.54) is 17.5 Å². The van der Waals surface area contributed by atoms with E-state index < -0.39 is 0 Å². The van der Waals surface area contributed by atoms with Crippen LogP contribution in [0.25, 0.3) is 0 Å². The summed E-state index contributed by atoms with van der Waals surface area (Å²) in [5, 5.41) is 0.546. The molecule has 0 amide bonds. The highest BCUT2D eigenvalue weighted by atomic mass is 32.2. The zero-order valence-electron chi connectivity index (χ0n) is 9.19. The Morgan fingerprint density at radius 2 is 2.27 bits per heavy atom. The molecule has 0 aliphatic heterocycles. The molecule has 0 spiro atoms. The first-order valence-corrected chi connectivity index (χ1v) is 6.50. The Balaban J connectivity index is 2.35. The van der Waals surface area contributed by atoms with Crippen LogP contribution in [0, 0.1) is 0 Å². The van der Waals surface area contributed by atoms with E-state index in [2.05, 4.69) is 18.4 Å². The second-order valence-electron chi connectivity index (χ2n) is 3.90. The molecule has 3 heteroatoms. The van der Waals surface area contributed by atoms with E-state index >= 15 is 0 Å². The molecular weight excluding hydrogens is 206 g/mol. The van der Waals surface area contributed by atoms with Crippen molar-refractivity contribution in [2.75, 3.05) is 13.4 Å². The number of hydrogen-bond acceptors (Lipinski definition) is 3. The number of fused-ring (bicyclic) bond motifs is 1. The van der Waals surface area contributed by atoms with Crippen molar-refractivity contribution in [3.05, 3.63) is 29.3 Å². The van der Waals surface area contributed by atoms with Gasteiger partial charge in [0.1, 0.15) is 5.75 Å². The van der Waals surface area contributed by atoms with Gasteiger partial charge in [0.15, 0.2) is 0 Å². The van der Waals surface area contributed by atoms with E-state index in [0.29, 0.717) is 5.25 Å². The summed E-state index contributed by atoms with van der Waals surface area (Å²) in [5.41, 5.74) is 8.90. The minimum absolute atomic E-state index is 0.152. The van der Waals surface area contributed by atoms with Crippen molar-refractivity contribution in [2.24, 2.45) is 5.73 Å². The maximum absolute atomic E-state index is 6.25. The van der Waals surface area contributed by atoms with Crippen LogP contribution in [0.1, 0.15) is 23.6 Å². The summed E-state index contributed by atoms with van der Waals surface area (Å²) in [7, 11) is 1.70. The lowest BCUT2D eigenvalue weighted by Gasteiger charge is -2.30. The Bertz CT molecular complexity index is 353. The third kappa shape index (κ3) is 1.99. The quantitative estimate of drug-likeness (QED) is 0.836. The van der Waals surface area contributed by atoms with Gasteiger partial charge in [0.2, 0.25) is 0 Å². The molecule has 1 aromatic rings. The standard InChI is InChI=1S/C12H17NOS/c1-14-9-5-3-8-4-6-11(15-2)12(13)10(8)7-9/h3,5,7,11-12H,4,6,13H2,1-2H3. The first-order valence-electron chi connectivity index (χ1n) is 5.21. The molecule has 2 rings (SSSR count). The predicted octanol–water partition coefficient (Wildman–Crippen LogP) is 2.37. The van der Waals surface area contributed by atoms with E-state index in [1.807, 2.05) is 17.8 Å². The summed E-state index contributed by atoms with van der Waals surface area (Å²) in [6.45, 7) is 0. The van der Waals surface area contributed by atoms with Crippen LogP contribution in [0.2, 0.25) is 0 Å². The molecule has 0 aromatic heterocycles. The highest BCUT2D eigenvalue weighted by Gasteiger charge is 2.26. The first-order chi connectivity index (χ1) is 7.26. The van der Waals surface area contributed by atoms with Crippen molar-refractivity contribution >= 4 is 11.8 Å². The van der Waals surface area contributed by atoms with E-state index in [1.54, 1.807) is 7.11 Å². The van der Waals surface area contributed by atoms with Gasteiger partial charge < -0.3 is 10.5 Å². The van der Waals surface area contributed by atoms with Gasteiger partial charge in [-0.3, -0.25) is 0 Å². The average Bonchev–Trinajstić information content (AvgIpc) is 2.29. The number of rotatable bonds is 2. The number of ether oxygens (including phenoxy) is 1. The second-order valence-corrected chi connectivity index (χ2v) is 4.98. The summed E-state index contributed by atoms with van der Waals surface area (Å²) < 4.78 is 5.24. The first kappa shape index (κ1) is 10.8. The smallest absolute Gasteiger partial charge is 0.119 e. The molecule has 0 radical (unpaired) electrons. The summed E-state index contributed by atoms with van der Waals surface area (Å²) in [6, 6.07) is 6.40. The Morgan fingerprint density at radius 3 is 2.93 bits per heavy atom. The van der Waals surface area contributed by atoms with Gasteiger partial charge in [0, 0.05) is 11.3 Å². The summed E-state index contributed by atoms with van der Waals surface area (Å²) in [5.74, 6) is 0.908. The molecule has 2 nitrogen and oxygen atoms in total. The van der Waals surface area contributed by atoms with Crippen LogP contribution in [0.15, 0.2) is 18.2 Å². The molecule has 0 fully saturated rings. The third-order valence-electron chi connectivity index (χ3n) is 3.11. The Labute approximate surface area is 95.2 Å². The maximum Gasteiger partial charge on any atom is 0.119 e. The topological polar surface area (TPSA) is 35.2 Å². The van der Waals surface area contributed by atoms with Crippen molar-refractivity contribution in [1.82, 2.24) is 0 Å². The lowest BCUT2D eigenvalue weighted by atomic mass is 9.87. The van der Waals surface area contributed by atoms with Gasteiger partial charge in [-0.25, -0.2) is 0 Å². The number of thioether (sulfide) groups is 1. The summed E-state index contributed by atoms with van der Waals surface area (Å²) in [4.78, 5) is 0. The van der Waals surface area contributed by atoms with Gasteiger partial charge in [-0.15, -0.1) is 0 Å². The van der Waals surface area contributed by atoms with Crippen LogP contribution in [0.3, 0.4) is 0 Å². The number of nitrogens with two attached hydrogens (primary N) is 1. The predicted molar refractivity (Wildman–Crippen MR) is 65.5 cm³/mol. The summed E-state index contributed by atoms with van der Waals surface area (Å²) in [6.07, 6.45) is 4.45. The van der Waals surface area contributed by atoms with E-state index in [4.69, 9.17) is 10.5 Å². The average molecular weight is 223 g/mol. The van der Waals surface area contributed by atoms with Crippen LogP contribution < -0.4 is 10.5 Å². The number of aryl methyl sites for hydroxylation is 1. The van der Waals surface area contributed by atoms with Crippen molar-refractivity contribution in [2.45, 2.75) is 24.1 Å². The Morgan fingerprint density at radius 1 is 1.47 bits per heavy atom. The minimum atomic E-state index is 0.152. The lowest BCUT2D eigenvalue weighted by molar-refractivity contribution is 0.412. The molecule has 1 aliphatic rings. The Hall–Kier alpha value is -0.670. The highest BCUT2D eigenvalue weighted by molar-refractivity contribution is 7.99. The van der Waals surface area contributed by atoms with E-state index in [-0.39, 0.29) is 6.04 Å². The van der Waals surface area contributed by atoms with Crippen molar-refractivity contribution in [3.8, 4) is 5.75 Å². The van der Waals surface area contributed by atoms with Crippen LogP contribution in [-0.2, 0) is 6.42 Å². The molecule has 15 heavy (non-hydrogen) atoms.